The van der Waals surface area contributed by atoms with Gasteiger partial charge < -0.3 is 4.42 Å². The van der Waals surface area contributed by atoms with Crippen LogP contribution in [0.15, 0.2) is 65.2 Å². The molecule has 4 rings (SSSR count). The number of aromatic nitrogens is 1. The lowest BCUT2D eigenvalue weighted by atomic mass is 10.0. The largest absolute Gasteiger partial charge is 0.451 e. The summed E-state index contributed by atoms with van der Waals surface area (Å²) < 4.78 is 6.02. The second-order valence-electron chi connectivity index (χ2n) is 7.19. The molecule has 0 saturated heterocycles. The number of furan rings is 1. The number of nitrogens with zero attached hydrogens (tertiary/aromatic N) is 2. The molecule has 4 aromatic rings. The van der Waals surface area contributed by atoms with Crippen LogP contribution in [0.3, 0.4) is 0 Å². The van der Waals surface area contributed by atoms with Crippen LogP contribution in [0.5, 0.6) is 0 Å². The standard InChI is InChI=1S/C24H21ClN2O2/c1-15-12-20-17(3)23(29-21(20)13-16(15)2)24(28)27(22-6-4-5-11-26-22)14-18-7-9-19(25)10-8-18/h4-13H,14H2,1-3H3. The fourth-order valence-corrected chi connectivity index (χ4v) is 3.47. The summed E-state index contributed by atoms with van der Waals surface area (Å²) in [5.41, 5.74) is 4.82. The molecule has 0 spiro atoms. The van der Waals surface area contributed by atoms with Gasteiger partial charge >= 0.3 is 0 Å². The number of halogens is 1. The predicted molar refractivity (Wildman–Crippen MR) is 117 cm³/mol. The molecule has 2 heterocycles. The molecule has 0 unspecified atom stereocenters. The number of fused-ring (bicyclic) bond motifs is 1. The van der Waals surface area contributed by atoms with Crippen LogP contribution in [0.25, 0.3) is 11.0 Å². The Hall–Kier alpha value is -3.11. The molecule has 0 aliphatic rings. The molecule has 0 radical (unpaired) electrons. The van der Waals surface area contributed by atoms with Gasteiger partial charge in [0, 0.05) is 22.2 Å². The summed E-state index contributed by atoms with van der Waals surface area (Å²) in [6, 6.07) is 17.0. The lowest BCUT2D eigenvalue weighted by Crippen LogP contribution is -2.31. The fraction of sp³-hybridized carbons (Fsp3) is 0.167. The molecular weight excluding hydrogens is 384 g/mol. The number of aryl methyl sites for hydroxylation is 3. The Bertz CT molecular complexity index is 1180. The smallest absolute Gasteiger partial charge is 0.295 e. The summed E-state index contributed by atoms with van der Waals surface area (Å²) in [4.78, 5) is 19.6. The first kappa shape index (κ1) is 19.2. The summed E-state index contributed by atoms with van der Waals surface area (Å²) in [5, 5.41) is 1.62. The number of benzene rings is 2. The Morgan fingerprint density at radius 1 is 1.03 bits per heavy atom. The number of amides is 1. The SMILES string of the molecule is Cc1cc2oc(C(=O)N(Cc3ccc(Cl)cc3)c3ccccn3)c(C)c2cc1C. The van der Waals surface area contributed by atoms with Crippen LogP contribution in [0.4, 0.5) is 5.82 Å². The molecule has 0 aliphatic heterocycles. The van der Waals surface area contributed by atoms with Crippen LogP contribution in [0, 0.1) is 20.8 Å². The summed E-state index contributed by atoms with van der Waals surface area (Å²) in [6.45, 7) is 6.38. The van der Waals surface area contributed by atoms with Gasteiger partial charge in [0.2, 0.25) is 0 Å². The van der Waals surface area contributed by atoms with Crippen molar-refractivity contribution in [1.82, 2.24) is 4.98 Å². The van der Waals surface area contributed by atoms with Gasteiger partial charge in [0.15, 0.2) is 5.76 Å². The molecule has 4 nitrogen and oxygen atoms in total. The van der Waals surface area contributed by atoms with Crippen LogP contribution >= 0.6 is 11.6 Å². The fourth-order valence-electron chi connectivity index (χ4n) is 3.35. The summed E-state index contributed by atoms with van der Waals surface area (Å²) in [6.07, 6.45) is 1.68. The van der Waals surface area contributed by atoms with Crippen LogP contribution in [-0.2, 0) is 6.54 Å². The van der Waals surface area contributed by atoms with Gasteiger partial charge in [-0.3, -0.25) is 9.69 Å². The maximum Gasteiger partial charge on any atom is 0.295 e. The zero-order valence-corrected chi connectivity index (χ0v) is 17.3. The van der Waals surface area contributed by atoms with Crippen molar-refractivity contribution in [2.24, 2.45) is 0 Å². The van der Waals surface area contributed by atoms with Gasteiger partial charge in [-0.05, 0) is 73.9 Å². The van der Waals surface area contributed by atoms with Crippen molar-refractivity contribution in [2.75, 3.05) is 4.90 Å². The van der Waals surface area contributed by atoms with Crippen LogP contribution < -0.4 is 4.90 Å². The quantitative estimate of drug-likeness (QED) is 0.403. The molecule has 2 aromatic carbocycles. The van der Waals surface area contributed by atoms with E-state index in [1.165, 1.54) is 5.56 Å². The van der Waals surface area contributed by atoms with Crippen molar-refractivity contribution < 1.29 is 9.21 Å². The Balaban J connectivity index is 1.78. The Morgan fingerprint density at radius 2 is 1.76 bits per heavy atom. The van der Waals surface area contributed by atoms with Gasteiger partial charge in [0.1, 0.15) is 11.4 Å². The molecule has 2 aromatic heterocycles. The number of pyridine rings is 1. The van der Waals surface area contributed by atoms with E-state index in [9.17, 15) is 4.79 Å². The van der Waals surface area contributed by atoms with Crippen molar-refractivity contribution in [3.05, 3.63) is 93.8 Å². The van der Waals surface area contributed by atoms with Crippen molar-refractivity contribution >= 4 is 34.3 Å². The van der Waals surface area contributed by atoms with E-state index in [4.69, 9.17) is 16.0 Å². The summed E-state index contributed by atoms with van der Waals surface area (Å²) in [5.74, 6) is 0.687. The number of anilines is 1. The molecule has 0 saturated carbocycles. The highest BCUT2D eigenvalue weighted by Gasteiger charge is 2.25. The van der Waals surface area contributed by atoms with Gasteiger partial charge in [-0.1, -0.05) is 29.8 Å². The van der Waals surface area contributed by atoms with Crippen LogP contribution in [0.1, 0.15) is 32.8 Å². The lowest BCUT2D eigenvalue weighted by Gasteiger charge is -2.21. The maximum atomic E-state index is 13.5. The molecule has 146 valence electrons. The molecule has 0 N–H and O–H groups in total. The summed E-state index contributed by atoms with van der Waals surface area (Å²) in [7, 11) is 0. The number of carbonyl (C=O) groups is 1. The highest BCUT2D eigenvalue weighted by atomic mass is 35.5. The minimum absolute atomic E-state index is 0.220. The first-order valence-corrected chi connectivity index (χ1v) is 9.79. The normalized spacial score (nSPS) is 11.0. The minimum atomic E-state index is -0.220. The third-order valence-corrected chi connectivity index (χ3v) is 5.42. The maximum absolute atomic E-state index is 13.5. The van der Waals surface area contributed by atoms with E-state index < -0.39 is 0 Å². The Morgan fingerprint density at radius 3 is 2.45 bits per heavy atom. The lowest BCUT2D eigenvalue weighted by molar-refractivity contribution is 0.0959. The second kappa shape index (κ2) is 7.72. The minimum Gasteiger partial charge on any atom is -0.451 e. The average molecular weight is 405 g/mol. The number of carbonyl (C=O) groups excluding carboxylic acids is 1. The van der Waals surface area contributed by atoms with E-state index in [0.717, 1.165) is 27.7 Å². The van der Waals surface area contributed by atoms with Crippen molar-refractivity contribution in [2.45, 2.75) is 27.3 Å². The highest BCUT2D eigenvalue weighted by molar-refractivity contribution is 6.30. The topological polar surface area (TPSA) is 46.3 Å². The van der Waals surface area contributed by atoms with Crippen molar-refractivity contribution in [3.8, 4) is 0 Å². The number of hydrogen-bond donors (Lipinski definition) is 0. The van der Waals surface area contributed by atoms with E-state index in [1.807, 2.05) is 62.4 Å². The monoisotopic (exact) mass is 404 g/mol. The van der Waals surface area contributed by atoms with E-state index >= 15 is 0 Å². The Kier molecular flexibility index (Phi) is 5.12. The van der Waals surface area contributed by atoms with E-state index in [-0.39, 0.29) is 5.91 Å². The molecule has 5 heteroatoms. The van der Waals surface area contributed by atoms with E-state index in [1.54, 1.807) is 11.1 Å². The molecule has 0 atom stereocenters. The molecular formula is C24H21ClN2O2. The van der Waals surface area contributed by atoms with Crippen molar-refractivity contribution in [3.63, 3.8) is 0 Å². The first-order chi connectivity index (χ1) is 13.9. The third-order valence-electron chi connectivity index (χ3n) is 5.17. The van der Waals surface area contributed by atoms with Gasteiger partial charge in [0.25, 0.3) is 5.91 Å². The van der Waals surface area contributed by atoms with Gasteiger partial charge in [-0.25, -0.2) is 4.98 Å². The van der Waals surface area contributed by atoms with Crippen molar-refractivity contribution in [1.29, 1.82) is 0 Å². The average Bonchev–Trinajstić information content (AvgIpc) is 3.04. The van der Waals surface area contributed by atoms with E-state index in [0.29, 0.717) is 23.1 Å². The molecule has 0 aliphatic carbocycles. The van der Waals surface area contributed by atoms with Gasteiger partial charge in [0.05, 0.1) is 6.54 Å². The van der Waals surface area contributed by atoms with E-state index in [2.05, 4.69) is 18.0 Å². The number of rotatable bonds is 4. The van der Waals surface area contributed by atoms with Crippen LogP contribution in [0.2, 0.25) is 5.02 Å². The Labute approximate surface area is 174 Å². The molecule has 0 bridgehead atoms. The van der Waals surface area contributed by atoms with Crippen LogP contribution in [-0.4, -0.2) is 10.9 Å². The first-order valence-electron chi connectivity index (χ1n) is 9.41. The highest BCUT2D eigenvalue weighted by Crippen LogP contribution is 2.30. The third kappa shape index (κ3) is 3.76. The second-order valence-corrected chi connectivity index (χ2v) is 7.63. The van der Waals surface area contributed by atoms with Gasteiger partial charge in [-0.2, -0.15) is 0 Å². The molecule has 0 fully saturated rings. The number of hydrogen-bond acceptors (Lipinski definition) is 3. The zero-order valence-electron chi connectivity index (χ0n) is 16.6. The molecule has 29 heavy (non-hydrogen) atoms. The summed E-state index contributed by atoms with van der Waals surface area (Å²) >= 11 is 6.01. The molecule has 1 amide bonds. The predicted octanol–water partition coefficient (Wildman–Crippen LogP) is 6.25. The zero-order chi connectivity index (χ0) is 20.5. The van der Waals surface area contributed by atoms with Gasteiger partial charge in [-0.15, -0.1) is 0 Å².